The number of aliphatic hydroxyl groups excluding tert-OH is 1. The number of rotatable bonds is 6. The number of nitrogens with one attached hydrogen (secondary N) is 1. The quantitative estimate of drug-likeness (QED) is 0.459. The normalized spacial score (nSPS) is 12.9. The first-order valence-electron chi connectivity index (χ1n) is 4.50. The van der Waals surface area contributed by atoms with Gasteiger partial charge in [0.15, 0.2) is 0 Å². The minimum atomic E-state index is -0.240. The van der Waals surface area contributed by atoms with E-state index in [0.717, 1.165) is 19.4 Å². The van der Waals surface area contributed by atoms with Crippen LogP contribution >= 0.6 is 0 Å². The van der Waals surface area contributed by atoms with Crippen LogP contribution in [-0.4, -0.2) is 24.3 Å². The van der Waals surface area contributed by atoms with Gasteiger partial charge in [-0.2, -0.15) is 0 Å². The monoisotopic (exact) mass is 169 g/mol. The summed E-state index contributed by atoms with van der Waals surface area (Å²) in [6.45, 7) is 5.58. The summed E-state index contributed by atoms with van der Waals surface area (Å²) in [7, 11) is 0. The fourth-order valence-electron chi connectivity index (χ4n) is 0.801. The molecule has 0 fully saturated rings. The van der Waals surface area contributed by atoms with Crippen molar-refractivity contribution in [3.8, 4) is 12.3 Å². The van der Waals surface area contributed by atoms with E-state index in [1.165, 1.54) is 0 Å². The van der Waals surface area contributed by atoms with Crippen molar-refractivity contribution in [2.75, 3.05) is 13.1 Å². The summed E-state index contributed by atoms with van der Waals surface area (Å²) < 4.78 is 0. The zero-order valence-corrected chi connectivity index (χ0v) is 8.01. The van der Waals surface area contributed by atoms with Crippen LogP contribution in [0.4, 0.5) is 0 Å². The molecule has 0 heterocycles. The van der Waals surface area contributed by atoms with Gasteiger partial charge in [-0.1, -0.05) is 13.8 Å². The maximum atomic E-state index is 9.38. The molecule has 1 unspecified atom stereocenters. The molecule has 0 bridgehead atoms. The third-order valence-electron chi connectivity index (χ3n) is 1.80. The van der Waals surface area contributed by atoms with Crippen molar-refractivity contribution in [1.29, 1.82) is 0 Å². The highest BCUT2D eigenvalue weighted by Crippen LogP contribution is 1.98. The van der Waals surface area contributed by atoms with Gasteiger partial charge in [0.2, 0.25) is 0 Å². The van der Waals surface area contributed by atoms with Crippen LogP contribution in [0.3, 0.4) is 0 Å². The zero-order chi connectivity index (χ0) is 9.40. The van der Waals surface area contributed by atoms with Crippen molar-refractivity contribution in [1.82, 2.24) is 5.32 Å². The second-order valence-electron chi connectivity index (χ2n) is 3.32. The summed E-state index contributed by atoms with van der Waals surface area (Å²) in [5, 5.41) is 12.5. The molecule has 2 nitrogen and oxygen atoms in total. The second-order valence-corrected chi connectivity index (χ2v) is 3.32. The lowest BCUT2D eigenvalue weighted by Crippen LogP contribution is -2.31. The van der Waals surface area contributed by atoms with Crippen LogP contribution in [0.25, 0.3) is 0 Å². The molecule has 0 aromatic heterocycles. The molecule has 1 atom stereocenters. The summed E-state index contributed by atoms with van der Waals surface area (Å²) in [5.74, 6) is 2.90. The van der Waals surface area contributed by atoms with Crippen molar-refractivity contribution in [3.05, 3.63) is 0 Å². The van der Waals surface area contributed by atoms with Gasteiger partial charge in [0.25, 0.3) is 0 Å². The zero-order valence-electron chi connectivity index (χ0n) is 8.01. The van der Waals surface area contributed by atoms with E-state index in [9.17, 15) is 5.11 Å². The SMILES string of the molecule is C#CCCCNCC(O)C(C)C. The van der Waals surface area contributed by atoms with Crippen LogP contribution in [0, 0.1) is 18.3 Å². The molecule has 2 N–H and O–H groups in total. The van der Waals surface area contributed by atoms with Gasteiger partial charge in [0.1, 0.15) is 0 Å². The fourth-order valence-corrected chi connectivity index (χ4v) is 0.801. The van der Waals surface area contributed by atoms with Gasteiger partial charge in [-0.3, -0.25) is 0 Å². The van der Waals surface area contributed by atoms with E-state index < -0.39 is 0 Å². The smallest absolute Gasteiger partial charge is 0.0687 e. The predicted molar refractivity (Wildman–Crippen MR) is 51.8 cm³/mol. The van der Waals surface area contributed by atoms with E-state index in [4.69, 9.17) is 6.42 Å². The van der Waals surface area contributed by atoms with E-state index in [-0.39, 0.29) is 6.10 Å². The van der Waals surface area contributed by atoms with Crippen molar-refractivity contribution >= 4 is 0 Å². The Morgan fingerprint density at radius 1 is 1.50 bits per heavy atom. The van der Waals surface area contributed by atoms with Crippen LogP contribution in [-0.2, 0) is 0 Å². The highest BCUT2D eigenvalue weighted by atomic mass is 16.3. The maximum absolute atomic E-state index is 9.38. The molecule has 0 radical (unpaired) electrons. The third-order valence-corrected chi connectivity index (χ3v) is 1.80. The number of unbranched alkanes of at least 4 members (excludes halogenated alkanes) is 1. The van der Waals surface area contributed by atoms with Gasteiger partial charge in [-0.25, -0.2) is 0 Å². The number of hydrogen-bond acceptors (Lipinski definition) is 2. The summed E-state index contributed by atoms with van der Waals surface area (Å²) in [6, 6.07) is 0. The summed E-state index contributed by atoms with van der Waals surface area (Å²) >= 11 is 0. The van der Waals surface area contributed by atoms with Crippen molar-refractivity contribution in [2.45, 2.75) is 32.8 Å². The molecule has 0 aromatic rings. The molecule has 12 heavy (non-hydrogen) atoms. The highest BCUT2D eigenvalue weighted by Gasteiger charge is 2.06. The topological polar surface area (TPSA) is 32.3 Å². The largest absolute Gasteiger partial charge is 0.392 e. The van der Waals surface area contributed by atoms with Crippen molar-refractivity contribution < 1.29 is 5.11 Å². The van der Waals surface area contributed by atoms with Crippen LogP contribution in [0.2, 0.25) is 0 Å². The molecule has 0 rings (SSSR count). The van der Waals surface area contributed by atoms with Gasteiger partial charge in [-0.15, -0.1) is 12.3 Å². The molecule has 0 amide bonds. The lowest BCUT2D eigenvalue weighted by molar-refractivity contribution is 0.124. The average molecular weight is 169 g/mol. The number of terminal acetylenes is 1. The molecule has 0 saturated heterocycles. The van der Waals surface area contributed by atoms with Crippen LogP contribution < -0.4 is 5.32 Å². The van der Waals surface area contributed by atoms with Crippen LogP contribution in [0.15, 0.2) is 0 Å². The standard InChI is InChI=1S/C10H19NO/c1-4-5-6-7-11-8-10(12)9(2)3/h1,9-12H,5-8H2,2-3H3. The minimum absolute atomic E-state index is 0.240. The highest BCUT2D eigenvalue weighted by molar-refractivity contribution is 4.83. The van der Waals surface area contributed by atoms with Gasteiger partial charge in [-0.05, 0) is 18.9 Å². The molecule has 2 heteroatoms. The lowest BCUT2D eigenvalue weighted by atomic mass is 10.1. The van der Waals surface area contributed by atoms with Crippen molar-refractivity contribution in [2.24, 2.45) is 5.92 Å². The first-order valence-corrected chi connectivity index (χ1v) is 4.50. The summed E-state index contributed by atoms with van der Waals surface area (Å²) in [6.07, 6.45) is 6.65. The third kappa shape index (κ3) is 6.21. The minimum Gasteiger partial charge on any atom is -0.392 e. The van der Waals surface area contributed by atoms with E-state index in [2.05, 4.69) is 11.2 Å². The number of aliphatic hydroxyl groups is 1. The molecule has 0 aliphatic carbocycles. The predicted octanol–water partition coefficient (Wildman–Crippen LogP) is 1.01. The fraction of sp³-hybridized carbons (Fsp3) is 0.800. The Labute approximate surface area is 75.4 Å². The van der Waals surface area contributed by atoms with Gasteiger partial charge < -0.3 is 10.4 Å². The lowest BCUT2D eigenvalue weighted by Gasteiger charge is -2.14. The van der Waals surface area contributed by atoms with Crippen LogP contribution in [0.1, 0.15) is 26.7 Å². The Morgan fingerprint density at radius 3 is 2.67 bits per heavy atom. The Kier molecular flexibility index (Phi) is 6.84. The Bertz CT molecular complexity index is 137. The molecule has 0 spiro atoms. The molecule has 70 valence electrons. The number of hydrogen-bond donors (Lipinski definition) is 2. The molecule has 0 aliphatic rings. The van der Waals surface area contributed by atoms with E-state index in [1.54, 1.807) is 0 Å². The second kappa shape index (κ2) is 7.15. The summed E-state index contributed by atoms with van der Waals surface area (Å²) in [4.78, 5) is 0. The van der Waals surface area contributed by atoms with Gasteiger partial charge in [0.05, 0.1) is 6.10 Å². The first kappa shape index (κ1) is 11.5. The van der Waals surface area contributed by atoms with E-state index >= 15 is 0 Å². The average Bonchev–Trinajstić information content (AvgIpc) is 2.03. The molecule has 0 saturated carbocycles. The first-order chi connectivity index (χ1) is 5.68. The van der Waals surface area contributed by atoms with Gasteiger partial charge >= 0.3 is 0 Å². The molecule has 0 aromatic carbocycles. The maximum Gasteiger partial charge on any atom is 0.0687 e. The molecular formula is C10H19NO. The van der Waals surface area contributed by atoms with E-state index in [0.29, 0.717) is 12.5 Å². The Hall–Kier alpha value is -0.520. The molecular weight excluding hydrogens is 150 g/mol. The van der Waals surface area contributed by atoms with Gasteiger partial charge in [0, 0.05) is 13.0 Å². The van der Waals surface area contributed by atoms with Crippen molar-refractivity contribution in [3.63, 3.8) is 0 Å². The Morgan fingerprint density at radius 2 is 2.17 bits per heavy atom. The Balaban J connectivity index is 3.15. The molecule has 0 aliphatic heterocycles. The van der Waals surface area contributed by atoms with Crippen LogP contribution in [0.5, 0.6) is 0 Å². The van der Waals surface area contributed by atoms with E-state index in [1.807, 2.05) is 13.8 Å². The summed E-state index contributed by atoms with van der Waals surface area (Å²) in [5.41, 5.74) is 0.